The number of carboxylic acids is 1. The predicted octanol–water partition coefficient (Wildman–Crippen LogP) is -0.0112. The van der Waals surface area contributed by atoms with Crippen molar-refractivity contribution in [1.29, 1.82) is 0 Å². The number of nitrogens with zero attached hydrogens (tertiary/aromatic N) is 1. The van der Waals surface area contributed by atoms with Crippen LogP contribution in [0.2, 0.25) is 0 Å². The summed E-state index contributed by atoms with van der Waals surface area (Å²) < 4.78 is 25.0. The van der Waals surface area contributed by atoms with Crippen LogP contribution in [0.3, 0.4) is 0 Å². The van der Waals surface area contributed by atoms with Gasteiger partial charge >= 0.3 is 0 Å². The summed E-state index contributed by atoms with van der Waals surface area (Å²) in [5.74, 6) is -0.961. The highest BCUT2D eigenvalue weighted by molar-refractivity contribution is 7.88. The van der Waals surface area contributed by atoms with E-state index in [0.717, 1.165) is 18.2 Å². The van der Waals surface area contributed by atoms with Crippen LogP contribution >= 0.6 is 0 Å². The molecule has 1 rings (SSSR count). The van der Waals surface area contributed by atoms with Gasteiger partial charge in [-0.25, -0.2) is 13.1 Å². The first-order valence-electron chi connectivity index (χ1n) is 5.48. The van der Waals surface area contributed by atoms with E-state index < -0.39 is 16.0 Å². The summed E-state index contributed by atoms with van der Waals surface area (Å²) >= 11 is 0. The maximum Gasteiger partial charge on any atom is 0.300 e. The van der Waals surface area contributed by atoms with Crippen LogP contribution < -0.4 is 10.5 Å². The molecule has 0 aliphatic carbocycles. The number of hydrogen-bond donors (Lipinski definition) is 3. The van der Waals surface area contributed by atoms with Gasteiger partial charge in [0.15, 0.2) is 0 Å². The Morgan fingerprint density at radius 2 is 2.00 bits per heavy atom. The van der Waals surface area contributed by atoms with Crippen molar-refractivity contribution >= 4 is 16.0 Å². The Balaban J connectivity index is 0.000000711. The number of carboxylic acid groups (broad SMARTS) is 1. The van der Waals surface area contributed by atoms with Gasteiger partial charge in [0.25, 0.3) is 5.97 Å². The molecule has 108 valence electrons. The molecule has 0 fully saturated rings. The molecule has 0 saturated carbocycles. The molecule has 0 radical (unpaired) electrons. The second kappa shape index (κ2) is 7.82. The lowest BCUT2D eigenvalue weighted by Gasteiger charge is -2.07. The van der Waals surface area contributed by atoms with Crippen LogP contribution in [-0.4, -0.2) is 31.5 Å². The molecular formula is C11H19N3O4S. The van der Waals surface area contributed by atoms with Crippen LogP contribution in [-0.2, 0) is 27.1 Å². The van der Waals surface area contributed by atoms with Crippen molar-refractivity contribution in [2.75, 3.05) is 7.05 Å². The summed E-state index contributed by atoms with van der Waals surface area (Å²) in [7, 11) is -1.91. The molecule has 1 aromatic heterocycles. The highest BCUT2D eigenvalue weighted by Gasteiger charge is 2.13. The zero-order chi connectivity index (χ0) is 15.1. The first kappa shape index (κ1) is 17.5. The van der Waals surface area contributed by atoms with Crippen molar-refractivity contribution in [2.45, 2.75) is 26.1 Å². The SMILES string of the molecule is CC(=O)O.CNS(=O)(=O)Cc1nc(C)ccc1CN. The normalized spacial score (nSPS) is 10.5. The lowest BCUT2D eigenvalue weighted by atomic mass is 10.2. The van der Waals surface area contributed by atoms with E-state index in [2.05, 4.69) is 9.71 Å². The highest BCUT2D eigenvalue weighted by atomic mass is 32.2. The van der Waals surface area contributed by atoms with Gasteiger partial charge in [0.05, 0.1) is 5.69 Å². The van der Waals surface area contributed by atoms with Crippen LogP contribution in [0.4, 0.5) is 0 Å². The highest BCUT2D eigenvalue weighted by Crippen LogP contribution is 2.10. The van der Waals surface area contributed by atoms with Gasteiger partial charge in [0.1, 0.15) is 5.75 Å². The Labute approximate surface area is 112 Å². The maximum atomic E-state index is 11.4. The molecule has 0 spiro atoms. The van der Waals surface area contributed by atoms with Crippen LogP contribution in [0.1, 0.15) is 23.9 Å². The number of aromatic nitrogens is 1. The van der Waals surface area contributed by atoms with Crippen LogP contribution in [0.25, 0.3) is 0 Å². The number of sulfonamides is 1. The van der Waals surface area contributed by atoms with E-state index in [4.69, 9.17) is 15.6 Å². The van der Waals surface area contributed by atoms with E-state index >= 15 is 0 Å². The lowest BCUT2D eigenvalue weighted by Crippen LogP contribution is -2.22. The van der Waals surface area contributed by atoms with Gasteiger partial charge in [0.2, 0.25) is 10.0 Å². The van der Waals surface area contributed by atoms with Crippen molar-refractivity contribution in [1.82, 2.24) is 9.71 Å². The average molecular weight is 289 g/mol. The minimum Gasteiger partial charge on any atom is -0.481 e. The quantitative estimate of drug-likeness (QED) is 0.716. The van der Waals surface area contributed by atoms with Crippen molar-refractivity contribution in [3.8, 4) is 0 Å². The van der Waals surface area contributed by atoms with Crippen molar-refractivity contribution in [3.63, 3.8) is 0 Å². The molecule has 1 aromatic rings. The Morgan fingerprint density at radius 3 is 2.42 bits per heavy atom. The molecule has 0 bridgehead atoms. The van der Waals surface area contributed by atoms with E-state index in [-0.39, 0.29) is 5.75 Å². The Bertz CT molecular complexity index is 525. The lowest BCUT2D eigenvalue weighted by molar-refractivity contribution is -0.134. The molecular weight excluding hydrogens is 270 g/mol. The topological polar surface area (TPSA) is 122 Å². The fourth-order valence-electron chi connectivity index (χ4n) is 1.20. The van der Waals surface area contributed by atoms with Gasteiger partial charge < -0.3 is 10.8 Å². The number of nitrogens with one attached hydrogen (secondary N) is 1. The molecule has 0 aliphatic rings. The molecule has 0 atom stereocenters. The smallest absolute Gasteiger partial charge is 0.300 e. The Morgan fingerprint density at radius 1 is 1.47 bits per heavy atom. The molecule has 0 unspecified atom stereocenters. The summed E-state index contributed by atoms with van der Waals surface area (Å²) in [6, 6.07) is 3.63. The third-order valence-corrected chi connectivity index (χ3v) is 3.34. The molecule has 19 heavy (non-hydrogen) atoms. The van der Waals surface area contributed by atoms with Gasteiger partial charge in [-0.05, 0) is 25.6 Å². The number of nitrogens with two attached hydrogens (primary N) is 1. The Kier molecular flexibility index (Phi) is 7.20. The summed E-state index contributed by atoms with van der Waals surface area (Å²) in [6.07, 6.45) is 0. The van der Waals surface area contributed by atoms with Crippen molar-refractivity contribution < 1.29 is 18.3 Å². The summed E-state index contributed by atoms with van der Waals surface area (Å²) in [5, 5.41) is 7.42. The molecule has 7 nitrogen and oxygen atoms in total. The van der Waals surface area contributed by atoms with Crippen LogP contribution in [0, 0.1) is 6.92 Å². The van der Waals surface area contributed by atoms with Crippen LogP contribution in [0.5, 0.6) is 0 Å². The van der Waals surface area contributed by atoms with E-state index in [0.29, 0.717) is 12.2 Å². The molecule has 1 heterocycles. The first-order chi connectivity index (χ1) is 8.71. The second-order valence-corrected chi connectivity index (χ2v) is 5.67. The number of pyridine rings is 1. The number of rotatable bonds is 4. The molecule has 4 N–H and O–H groups in total. The van der Waals surface area contributed by atoms with E-state index in [1.807, 2.05) is 19.1 Å². The number of hydrogen-bond acceptors (Lipinski definition) is 5. The molecule has 0 saturated heterocycles. The number of aryl methyl sites for hydroxylation is 1. The zero-order valence-electron chi connectivity index (χ0n) is 11.2. The summed E-state index contributed by atoms with van der Waals surface area (Å²) in [5.41, 5.74) is 7.58. The molecule has 0 aromatic carbocycles. The Hall–Kier alpha value is -1.51. The summed E-state index contributed by atoms with van der Waals surface area (Å²) in [6.45, 7) is 3.19. The first-order valence-corrected chi connectivity index (χ1v) is 7.13. The maximum absolute atomic E-state index is 11.4. The second-order valence-electron chi connectivity index (χ2n) is 3.74. The summed E-state index contributed by atoms with van der Waals surface area (Å²) in [4.78, 5) is 13.2. The van der Waals surface area contributed by atoms with Crippen molar-refractivity contribution in [2.24, 2.45) is 5.73 Å². The van der Waals surface area contributed by atoms with E-state index in [1.165, 1.54) is 7.05 Å². The third kappa shape index (κ3) is 7.50. The molecule has 0 amide bonds. The van der Waals surface area contributed by atoms with Gasteiger partial charge in [-0.1, -0.05) is 6.07 Å². The van der Waals surface area contributed by atoms with E-state index in [9.17, 15) is 8.42 Å². The monoisotopic (exact) mass is 289 g/mol. The van der Waals surface area contributed by atoms with Gasteiger partial charge in [-0.3, -0.25) is 9.78 Å². The fourth-order valence-corrected chi connectivity index (χ4v) is 1.96. The van der Waals surface area contributed by atoms with Crippen LogP contribution in [0.15, 0.2) is 12.1 Å². The zero-order valence-corrected chi connectivity index (χ0v) is 12.0. The fraction of sp³-hybridized carbons (Fsp3) is 0.455. The molecule has 8 heteroatoms. The largest absolute Gasteiger partial charge is 0.481 e. The average Bonchev–Trinajstić information content (AvgIpc) is 2.28. The van der Waals surface area contributed by atoms with E-state index in [1.54, 1.807) is 0 Å². The standard InChI is InChI=1S/C9H15N3O2S.C2H4O2/c1-7-3-4-8(5-10)9(12-7)6-15(13,14)11-2;1-2(3)4/h3-4,11H,5-6,10H2,1-2H3;1H3,(H,3,4). The third-order valence-electron chi connectivity index (χ3n) is 2.07. The minimum atomic E-state index is -3.29. The van der Waals surface area contributed by atoms with Gasteiger partial charge in [-0.15, -0.1) is 0 Å². The van der Waals surface area contributed by atoms with Crippen molar-refractivity contribution in [3.05, 3.63) is 29.1 Å². The van der Waals surface area contributed by atoms with Gasteiger partial charge in [0, 0.05) is 19.2 Å². The van der Waals surface area contributed by atoms with Gasteiger partial charge in [-0.2, -0.15) is 0 Å². The predicted molar refractivity (Wildman–Crippen MR) is 71.9 cm³/mol. The number of aliphatic carboxylic acids is 1. The number of carbonyl (C=O) groups is 1. The minimum absolute atomic E-state index is 0.127. The molecule has 0 aliphatic heterocycles.